The van der Waals surface area contributed by atoms with E-state index in [1.165, 1.54) is 0 Å². The van der Waals surface area contributed by atoms with E-state index >= 15 is 0 Å². The summed E-state index contributed by atoms with van der Waals surface area (Å²) in [6.45, 7) is 0.736. The van der Waals surface area contributed by atoms with E-state index in [0.29, 0.717) is 16.7 Å². The van der Waals surface area contributed by atoms with Crippen molar-refractivity contribution in [3.05, 3.63) is 29.3 Å². The number of anilines is 1. The molecule has 1 aliphatic heterocycles. The van der Waals surface area contributed by atoms with E-state index in [0.717, 1.165) is 23.9 Å². The van der Waals surface area contributed by atoms with Crippen LogP contribution in [0.3, 0.4) is 0 Å². The lowest BCUT2D eigenvalue weighted by molar-refractivity contribution is -0.118. The summed E-state index contributed by atoms with van der Waals surface area (Å²) in [5.74, 6) is 1.83. The summed E-state index contributed by atoms with van der Waals surface area (Å²) < 4.78 is 7.29. The molecular formula is C13H13ClN4O2S. The van der Waals surface area contributed by atoms with Gasteiger partial charge in [-0.05, 0) is 30.7 Å². The zero-order valence-electron chi connectivity index (χ0n) is 11.1. The Bertz CT molecular complexity index is 644. The minimum Gasteiger partial charge on any atom is -0.484 e. The second-order valence-electron chi connectivity index (χ2n) is 4.45. The third-order valence-electron chi connectivity index (χ3n) is 2.91. The zero-order valence-corrected chi connectivity index (χ0v) is 12.7. The molecule has 21 heavy (non-hydrogen) atoms. The maximum absolute atomic E-state index is 11.9. The first-order valence-corrected chi connectivity index (χ1v) is 7.83. The van der Waals surface area contributed by atoms with Gasteiger partial charge in [0.25, 0.3) is 5.91 Å². The van der Waals surface area contributed by atoms with Crippen LogP contribution >= 0.6 is 23.4 Å². The number of hydrogen-bond acceptors (Lipinski definition) is 5. The molecule has 0 radical (unpaired) electrons. The van der Waals surface area contributed by atoms with Crippen molar-refractivity contribution in [3.8, 4) is 5.75 Å². The largest absolute Gasteiger partial charge is 0.484 e. The summed E-state index contributed by atoms with van der Waals surface area (Å²) in [7, 11) is 0. The Morgan fingerprint density at radius 3 is 3.00 bits per heavy atom. The Kier molecular flexibility index (Phi) is 4.31. The number of halogens is 1. The van der Waals surface area contributed by atoms with Crippen LogP contribution in [0.5, 0.6) is 5.75 Å². The molecule has 1 aromatic heterocycles. The summed E-state index contributed by atoms with van der Waals surface area (Å²) >= 11 is 7.42. The first-order chi connectivity index (χ1) is 10.2. The number of aromatic nitrogens is 3. The van der Waals surface area contributed by atoms with Crippen LogP contribution in [0.4, 0.5) is 5.95 Å². The number of ether oxygens (including phenoxy) is 1. The fourth-order valence-electron chi connectivity index (χ4n) is 1.92. The molecule has 0 saturated carbocycles. The highest BCUT2D eigenvalue weighted by Gasteiger charge is 2.17. The molecule has 2 heterocycles. The standard InChI is InChI=1S/C13H13ClN4O2S/c14-9-2-4-10(5-3-9)20-8-11(19)15-12-16-17-13-18(12)6-1-7-21-13/h2-5H,1,6-8H2,(H,15,16,19). The van der Waals surface area contributed by atoms with Crippen LogP contribution in [-0.2, 0) is 11.3 Å². The quantitative estimate of drug-likeness (QED) is 0.935. The van der Waals surface area contributed by atoms with Crippen LogP contribution in [0.1, 0.15) is 6.42 Å². The third-order valence-corrected chi connectivity index (χ3v) is 4.21. The molecule has 3 rings (SSSR count). The van der Waals surface area contributed by atoms with Crippen molar-refractivity contribution < 1.29 is 9.53 Å². The number of rotatable bonds is 4. The zero-order chi connectivity index (χ0) is 14.7. The second-order valence-corrected chi connectivity index (χ2v) is 5.95. The first-order valence-electron chi connectivity index (χ1n) is 6.46. The van der Waals surface area contributed by atoms with E-state index in [-0.39, 0.29) is 12.5 Å². The number of hydrogen-bond donors (Lipinski definition) is 1. The van der Waals surface area contributed by atoms with Gasteiger partial charge in [0.1, 0.15) is 5.75 Å². The average molecular weight is 325 g/mol. The molecule has 0 aliphatic carbocycles. The van der Waals surface area contributed by atoms with E-state index in [4.69, 9.17) is 16.3 Å². The molecule has 0 atom stereocenters. The first kappa shape index (κ1) is 14.2. The normalized spacial score (nSPS) is 13.6. The Hall–Kier alpha value is -1.73. The van der Waals surface area contributed by atoms with Gasteiger partial charge < -0.3 is 4.74 Å². The number of nitrogens with one attached hydrogen (secondary N) is 1. The van der Waals surface area contributed by atoms with Crippen molar-refractivity contribution in [1.29, 1.82) is 0 Å². The number of nitrogens with zero attached hydrogens (tertiary/aromatic N) is 3. The third kappa shape index (κ3) is 3.48. The van der Waals surface area contributed by atoms with Gasteiger partial charge >= 0.3 is 0 Å². The molecule has 0 unspecified atom stereocenters. The van der Waals surface area contributed by atoms with E-state index < -0.39 is 0 Å². The van der Waals surface area contributed by atoms with Crippen molar-refractivity contribution in [2.75, 3.05) is 17.7 Å². The lowest BCUT2D eigenvalue weighted by atomic mass is 10.3. The number of fused-ring (bicyclic) bond motifs is 1. The molecule has 6 nitrogen and oxygen atoms in total. The molecule has 1 N–H and O–H groups in total. The highest BCUT2D eigenvalue weighted by Crippen LogP contribution is 2.25. The molecule has 0 spiro atoms. The van der Waals surface area contributed by atoms with Crippen LogP contribution in [0, 0.1) is 0 Å². The van der Waals surface area contributed by atoms with Crippen LogP contribution < -0.4 is 10.1 Å². The van der Waals surface area contributed by atoms with Crippen LogP contribution in [-0.4, -0.2) is 33.0 Å². The molecule has 1 aliphatic rings. The minimum atomic E-state index is -0.268. The lowest BCUT2D eigenvalue weighted by Crippen LogP contribution is -2.23. The van der Waals surface area contributed by atoms with Gasteiger partial charge in [0.15, 0.2) is 11.8 Å². The molecule has 0 fully saturated rings. The van der Waals surface area contributed by atoms with E-state index in [2.05, 4.69) is 15.5 Å². The number of carbonyl (C=O) groups is 1. The maximum Gasteiger partial charge on any atom is 0.264 e. The van der Waals surface area contributed by atoms with Gasteiger partial charge in [0.2, 0.25) is 5.95 Å². The van der Waals surface area contributed by atoms with Crippen molar-refractivity contribution in [1.82, 2.24) is 14.8 Å². The summed E-state index contributed by atoms with van der Waals surface area (Å²) in [4.78, 5) is 11.9. The molecule has 2 aromatic rings. The smallest absolute Gasteiger partial charge is 0.264 e. The predicted molar refractivity (Wildman–Crippen MR) is 80.9 cm³/mol. The fourth-order valence-corrected chi connectivity index (χ4v) is 2.93. The Morgan fingerprint density at radius 2 is 2.19 bits per heavy atom. The lowest BCUT2D eigenvalue weighted by Gasteiger charge is -2.14. The van der Waals surface area contributed by atoms with E-state index in [9.17, 15) is 4.79 Å². The highest BCUT2D eigenvalue weighted by molar-refractivity contribution is 7.99. The monoisotopic (exact) mass is 324 g/mol. The number of carbonyl (C=O) groups excluding carboxylic acids is 1. The molecule has 8 heteroatoms. The topological polar surface area (TPSA) is 69.0 Å². The van der Waals surface area contributed by atoms with Crippen molar-refractivity contribution in [2.45, 2.75) is 18.1 Å². The van der Waals surface area contributed by atoms with Gasteiger partial charge in [-0.1, -0.05) is 23.4 Å². The van der Waals surface area contributed by atoms with Gasteiger partial charge in [-0.3, -0.25) is 14.7 Å². The van der Waals surface area contributed by atoms with Crippen LogP contribution in [0.2, 0.25) is 5.02 Å². The fraction of sp³-hybridized carbons (Fsp3) is 0.308. The molecule has 1 aromatic carbocycles. The number of amides is 1. The molecule has 110 valence electrons. The van der Waals surface area contributed by atoms with Crippen LogP contribution in [0.15, 0.2) is 29.4 Å². The second kappa shape index (κ2) is 6.36. The Balaban J connectivity index is 1.57. The Morgan fingerprint density at radius 1 is 1.38 bits per heavy atom. The van der Waals surface area contributed by atoms with E-state index in [1.54, 1.807) is 36.0 Å². The Labute approximate surface area is 130 Å². The van der Waals surface area contributed by atoms with Crippen molar-refractivity contribution >= 4 is 35.2 Å². The molecule has 0 bridgehead atoms. The highest BCUT2D eigenvalue weighted by atomic mass is 35.5. The van der Waals surface area contributed by atoms with Crippen LogP contribution in [0.25, 0.3) is 0 Å². The summed E-state index contributed by atoms with van der Waals surface area (Å²) in [5, 5.41) is 12.2. The van der Waals surface area contributed by atoms with Gasteiger partial charge in [-0.2, -0.15) is 0 Å². The van der Waals surface area contributed by atoms with Crippen molar-refractivity contribution in [2.24, 2.45) is 0 Å². The summed E-state index contributed by atoms with van der Waals surface area (Å²) in [6.07, 6.45) is 1.04. The number of benzene rings is 1. The summed E-state index contributed by atoms with van der Waals surface area (Å²) in [5.41, 5.74) is 0. The van der Waals surface area contributed by atoms with Gasteiger partial charge in [0.05, 0.1) is 0 Å². The summed E-state index contributed by atoms with van der Waals surface area (Å²) in [6, 6.07) is 6.85. The SMILES string of the molecule is O=C(COc1ccc(Cl)cc1)Nc1nnc2n1CCCS2. The molecular weight excluding hydrogens is 312 g/mol. The van der Waals surface area contributed by atoms with Gasteiger partial charge in [0, 0.05) is 17.3 Å². The average Bonchev–Trinajstić information content (AvgIpc) is 2.90. The maximum atomic E-state index is 11.9. The molecule has 1 amide bonds. The van der Waals surface area contributed by atoms with Gasteiger partial charge in [-0.25, -0.2) is 0 Å². The van der Waals surface area contributed by atoms with Gasteiger partial charge in [-0.15, -0.1) is 10.2 Å². The predicted octanol–water partition coefficient (Wildman–Crippen LogP) is 2.44. The van der Waals surface area contributed by atoms with Crippen molar-refractivity contribution in [3.63, 3.8) is 0 Å². The van der Waals surface area contributed by atoms with E-state index in [1.807, 2.05) is 4.57 Å². The molecule has 0 saturated heterocycles. The minimum absolute atomic E-state index is 0.0863. The number of thioether (sulfide) groups is 1.